The first-order valence-electron chi connectivity index (χ1n) is 17.8. The molecule has 2 aliphatic rings. The Morgan fingerprint density at radius 3 is 1.75 bits per heavy atom. The van der Waals surface area contributed by atoms with Crippen LogP contribution in [0.4, 0.5) is 0 Å². The third kappa shape index (κ3) is 3.96. The molecule has 11 rings (SSSR count). The van der Waals surface area contributed by atoms with Gasteiger partial charge in [0.25, 0.3) is 0 Å². The van der Waals surface area contributed by atoms with Crippen LogP contribution < -0.4 is 9.47 Å². The fourth-order valence-electron chi connectivity index (χ4n) is 8.84. The molecule has 3 heteroatoms. The van der Waals surface area contributed by atoms with E-state index < -0.39 is 5.41 Å². The molecule has 0 aliphatic carbocycles. The van der Waals surface area contributed by atoms with Gasteiger partial charge in [0.1, 0.15) is 23.0 Å². The van der Waals surface area contributed by atoms with E-state index in [0.29, 0.717) is 0 Å². The summed E-state index contributed by atoms with van der Waals surface area (Å²) in [7, 11) is 0. The average molecular weight is 666 g/mol. The van der Waals surface area contributed by atoms with Crippen molar-refractivity contribution in [2.24, 2.45) is 0 Å². The Balaban J connectivity index is 1.27. The lowest BCUT2D eigenvalue weighted by molar-refractivity contribution is 0.400. The number of aromatic nitrogens is 1. The highest BCUT2D eigenvalue weighted by Gasteiger charge is 2.51. The van der Waals surface area contributed by atoms with Crippen molar-refractivity contribution in [3.8, 4) is 50.9 Å². The fourth-order valence-corrected chi connectivity index (χ4v) is 8.84. The molecule has 0 amide bonds. The zero-order valence-electron chi connectivity index (χ0n) is 28.2. The molecule has 3 heterocycles. The van der Waals surface area contributed by atoms with Crippen molar-refractivity contribution in [3.63, 3.8) is 0 Å². The summed E-state index contributed by atoms with van der Waals surface area (Å²) >= 11 is 0. The van der Waals surface area contributed by atoms with Gasteiger partial charge in [-0.3, -0.25) is 0 Å². The standard InChI is InChI=1S/C49H31NO2/c1-3-15-32(16-4-1)35-20-14-28-46-47(35)49(40-24-9-12-27-44(40)52-46)39-23-8-11-26-43(39)51-45-30-29-33(31-41(45)49)36-21-13-22-38-37-19-7-10-25-42(37)50(48(36)38)34-17-5-2-6-18-34/h1-31H. The van der Waals surface area contributed by atoms with E-state index in [0.717, 1.165) is 73.2 Å². The van der Waals surface area contributed by atoms with Crippen LogP contribution in [0.2, 0.25) is 0 Å². The number of fused-ring (bicyclic) bond motifs is 11. The van der Waals surface area contributed by atoms with Crippen LogP contribution in [0.3, 0.4) is 0 Å². The Hall–Kier alpha value is -6.84. The molecular weight excluding hydrogens is 635 g/mol. The maximum atomic E-state index is 6.85. The van der Waals surface area contributed by atoms with Gasteiger partial charge in [-0.15, -0.1) is 0 Å². The molecule has 2 aliphatic heterocycles. The van der Waals surface area contributed by atoms with E-state index in [9.17, 15) is 0 Å². The number of rotatable bonds is 3. The molecule has 0 fully saturated rings. The number of para-hydroxylation sites is 5. The summed E-state index contributed by atoms with van der Waals surface area (Å²) in [6, 6.07) is 67.0. The van der Waals surface area contributed by atoms with E-state index in [1.165, 1.54) is 21.8 Å². The molecule has 244 valence electrons. The second kappa shape index (κ2) is 11.1. The van der Waals surface area contributed by atoms with Crippen LogP contribution in [0, 0.1) is 0 Å². The van der Waals surface area contributed by atoms with Crippen LogP contribution in [-0.4, -0.2) is 4.57 Å². The molecule has 1 aromatic heterocycles. The minimum atomic E-state index is -0.739. The smallest absolute Gasteiger partial charge is 0.132 e. The van der Waals surface area contributed by atoms with E-state index in [2.05, 4.69) is 193 Å². The molecule has 1 atom stereocenters. The maximum Gasteiger partial charge on any atom is 0.132 e. The molecule has 0 bridgehead atoms. The summed E-state index contributed by atoms with van der Waals surface area (Å²) in [5.74, 6) is 3.38. The van der Waals surface area contributed by atoms with Crippen LogP contribution in [0.25, 0.3) is 49.7 Å². The van der Waals surface area contributed by atoms with E-state index in [1.807, 2.05) is 0 Å². The van der Waals surface area contributed by atoms with Gasteiger partial charge in [-0.05, 0) is 65.2 Å². The van der Waals surface area contributed by atoms with E-state index in [1.54, 1.807) is 0 Å². The predicted octanol–water partition coefficient (Wildman–Crippen LogP) is 12.7. The molecule has 0 N–H and O–H groups in total. The molecule has 3 nitrogen and oxygen atoms in total. The lowest BCUT2D eigenvalue weighted by Gasteiger charge is -2.45. The van der Waals surface area contributed by atoms with Crippen LogP contribution in [0.5, 0.6) is 23.0 Å². The number of hydrogen-bond donors (Lipinski definition) is 0. The van der Waals surface area contributed by atoms with Gasteiger partial charge in [0.2, 0.25) is 0 Å². The van der Waals surface area contributed by atoms with Crippen molar-refractivity contribution in [1.29, 1.82) is 0 Å². The van der Waals surface area contributed by atoms with Crippen molar-refractivity contribution in [1.82, 2.24) is 4.57 Å². The number of nitrogens with zero attached hydrogens (tertiary/aromatic N) is 1. The molecule has 8 aromatic carbocycles. The molecule has 0 saturated heterocycles. The minimum absolute atomic E-state index is 0.739. The first kappa shape index (κ1) is 28.9. The summed E-state index contributed by atoms with van der Waals surface area (Å²) < 4.78 is 16.1. The van der Waals surface area contributed by atoms with Crippen molar-refractivity contribution < 1.29 is 9.47 Å². The van der Waals surface area contributed by atoms with Crippen LogP contribution in [0.1, 0.15) is 22.3 Å². The Morgan fingerprint density at radius 1 is 0.385 bits per heavy atom. The zero-order chi connectivity index (χ0) is 34.2. The Kier molecular flexibility index (Phi) is 6.17. The maximum absolute atomic E-state index is 6.85. The largest absolute Gasteiger partial charge is 0.457 e. The zero-order valence-corrected chi connectivity index (χ0v) is 28.2. The van der Waals surface area contributed by atoms with Crippen molar-refractivity contribution in [3.05, 3.63) is 210 Å². The summed E-state index contributed by atoms with van der Waals surface area (Å²) in [5.41, 5.74) is 11.7. The Morgan fingerprint density at radius 2 is 0.962 bits per heavy atom. The minimum Gasteiger partial charge on any atom is -0.457 e. The monoisotopic (exact) mass is 665 g/mol. The van der Waals surface area contributed by atoms with Gasteiger partial charge >= 0.3 is 0 Å². The number of benzene rings is 8. The van der Waals surface area contributed by atoms with Crippen molar-refractivity contribution in [2.45, 2.75) is 5.41 Å². The number of ether oxygens (including phenoxy) is 2. The highest BCUT2D eigenvalue weighted by atomic mass is 16.5. The highest BCUT2D eigenvalue weighted by molar-refractivity contribution is 6.13. The van der Waals surface area contributed by atoms with Gasteiger partial charge in [-0.25, -0.2) is 0 Å². The predicted molar refractivity (Wildman–Crippen MR) is 210 cm³/mol. The quantitative estimate of drug-likeness (QED) is 0.187. The Bertz CT molecular complexity index is 2810. The van der Waals surface area contributed by atoms with Gasteiger partial charge < -0.3 is 14.0 Å². The molecule has 0 radical (unpaired) electrons. The summed E-state index contributed by atoms with van der Waals surface area (Å²) in [5, 5.41) is 2.45. The van der Waals surface area contributed by atoms with Crippen molar-refractivity contribution in [2.75, 3.05) is 0 Å². The van der Waals surface area contributed by atoms with Crippen LogP contribution in [0.15, 0.2) is 188 Å². The SMILES string of the molecule is c1ccc(-c2cccc3c2C2(c4ccccc4Oc4ccc(-c5cccc6c7ccccc7n(-c7ccccc7)c56)cc42)c2ccccc2O3)cc1. The van der Waals surface area contributed by atoms with Gasteiger partial charge in [-0.2, -0.15) is 0 Å². The lowest BCUT2D eigenvalue weighted by atomic mass is 9.60. The molecule has 9 aromatic rings. The van der Waals surface area contributed by atoms with Crippen LogP contribution >= 0.6 is 0 Å². The molecule has 1 unspecified atom stereocenters. The molecule has 52 heavy (non-hydrogen) atoms. The van der Waals surface area contributed by atoms with Gasteiger partial charge in [0, 0.05) is 44.3 Å². The molecular formula is C49H31NO2. The fraction of sp³-hybridized carbons (Fsp3) is 0.0204. The van der Waals surface area contributed by atoms with Gasteiger partial charge in [0.05, 0.1) is 16.4 Å². The number of hydrogen-bond acceptors (Lipinski definition) is 2. The summed E-state index contributed by atoms with van der Waals surface area (Å²) in [6.45, 7) is 0. The van der Waals surface area contributed by atoms with E-state index in [-0.39, 0.29) is 0 Å². The second-order valence-corrected chi connectivity index (χ2v) is 13.6. The lowest BCUT2D eigenvalue weighted by Crippen LogP contribution is -2.37. The van der Waals surface area contributed by atoms with Gasteiger partial charge in [-0.1, -0.05) is 140 Å². The average Bonchev–Trinajstić information content (AvgIpc) is 3.56. The van der Waals surface area contributed by atoms with Gasteiger partial charge in [0.15, 0.2) is 0 Å². The molecule has 1 spiro atoms. The summed E-state index contributed by atoms with van der Waals surface area (Å²) in [4.78, 5) is 0. The Labute approximate surface area is 301 Å². The highest BCUT2D eigenvalue weighted by Crippen LogP contribution is 2.63. The normalized spacial score (nSPS) is 15.3. The van der Waals surface area contributed by atoms with Crippen molar-refractivity contribution >= 4 is 21.8 Å². The van der Waals surface area contributed by atoms with E-state index >= 15 is 0 Å². The third-order valence-corrected chi connectivity index (χ3v) is 10.9. The topological polar surface area (TPSA) is 23.4 Å². The third-order valence-electron chi connectivity index (χ3n) is 10.9. The van der Waals surface area contributed by atoms with E-state index in [4.69, 9.17) is 9.47 Å². The first-order valence-corrected chi connectivity index (χ1v) is 17.8. The summed E-state index contributed by atoms with van der Waals surface area (Å²) in [6.07, 6.45) is 0. The van der Waals surface area contributed by atoms with Crippen LogP contribution in [-0.2, 0) is 5.41 Å². The first-order chi connectivity index (χ1) is 25.8. The second-order valence-electron chi connectivity index (χ2n) is 13.6. The molecule has 0 saturated carbocycles.